The molecule has 0 aromatic heterocycles. The van der Waals surface area contributed by atoms with Gasteiger partial charge in [0.15, 0.2) is 0 Å². The first-order chi connectivity index (χ1) is 12.5. The maximum Gasteiger partial charge on any atom is 0.0251 e. The lowest BCUT2D eigenvalue weighted by Crippen LogP contribution is -2.41. The van der Waals surface area contributed by atoms with Gasteiger partial charge in [-0.1, -0.05) is 78.7 Å². The van der Waals surface area contributed by atoms with Gasteiger partial charge in [0.05, 0.1) is 0 Å². The third-order valence-corrected chi connectivity index (χ3v) is 5.60. The smallest absolute Gasteiger partial charge is 0.0251 e. The lowest BCUT2D eigenvalue weighted by molar-refractivity contribution is 0.137. The van der Waals surface area contributed by atoms with Crippen LogP contribution in [0.2, 0.25) is 0 Å². The topological polar surface area (TPSA) is 6.48 Å². The van der Waals surface area contributed by atoms with Gasteiger partial charge in [0.25, 0.3) is 0 Å². The molecule has 26 heavy (non-hydrogen) atoms. The van der Waals surface area contributed by atoms with Gasteiger partial charge < -0.3 is 4.90 Å². The third-order valence-electron chi connectivity index (χ3n) is 4.83. The summed E-state index contributed by atoms with van der Waals surface area (Å²) in [6.07, 6.45) is 3.52. The molecule has 0 radical (unpaired) electrons. The van der Waals surface area contributed by atoms with Crippen molar-refractivity contribution >= 4 is 15.9 Å². The van der Waals surface area contributed by atoms with Crippen molar-refractivity contribution in [3.63, 3.8) is 0 Å². The predicted octanol–water partition coefficient (Wildman–Crippen LogP) is 5.74. The molecule has 0 saturated carbocycles. The summed E-state index contributed by atoms with van der Waals surface area (Å²) < 4.78 is 1.20. The molecule has 0 aliphatic heterocycles. The van der Waals surface area contributed by atoms with Gasteiger partial charge >= 0.3 is 0 Å². The Labute approximate surface area is 168 Å². The number of nitrogens with zero attached hydrogens (tertiary/aromatic N) is 2. The second-order valence-electron chi connectivity index (χ2n) is 7.37. The summed E-state index contributed by atoms with van der Waals surface area (Å²) in [5.74, 6) is 0. The van der Waals surface area contributed by atoms with E-state index in [1.165, 1.54) is 34.0 Å². The second-order valence-corrected chi connectivity index (χ2v) is 8.23. The monoisotopic (exact) mass is 416 g/mol. The molecule has 0 aliphatic rings. The maximum absolute atomic E-state index is 3.73. The Balaban J connectivity index is 2.27. The number of halogens is 1. The first kappa shape index (κ1) is 21.1. The van der Waals surface area contributed by atoms with Crippen LogP contribution in [-0.4, -0.2) is 36.5 Å². The first-order valence-electron chi connectivity index (χ1n) is 9.73. The second kappa shape index (κ2) is 10.9. The minimum absolute atomic E-state index is 0.549. The van der Waals surface area contributed by atoms with Gasteiger partial charge in [-0.3, -0.25) is 4.90 Å². The van der Waals surface area contributed by atoms with E-state index in [0.29, 0.717) is 6.04 Å². The fourth-order valence-corrected chi connectivity index (χ4v) is 3.90. The Morgan fingerprint density at radius 2 is 1.65 bits per heavy atom. The Morgan fingerprint density at radius 1 is 0.923 bits per heavy atom. The SMILES string of the molecule is CCC[C@@H](CN(C)C)N(Cc1cccc(CC)c1)Cc1ccccc1Br. The van der Waals surface area contributed by atoms with E-state index in [1.54, 1.807) is 0 Å². The van der Waals surface area contributed by atoms with E-state index >= 15 is 0 Å². The van der Waals surface area contributed by atoms with Crippen molar-refractivity contribution in [1.82, 2.24) is 9.80 Å². The number of hydrogen-bond acceptors (Lipinski definition) is 2. The van der Waals surface area contributed by atoms with Gasteiger partial charge in [-0.15, -0.1) is 0 Å². The highest BCUT2D eigenvalue weighted by atomic mass is 79.9. The molecule has 0 bridgehead atoms. The molecule has 1 atom stereocenters. The lowest BCUT2D eigenvalue weighted by atomic mass is 10.0. The van der Waals surface area contributed by atoms with Gasteiger partial charge in [-0.05, 0) is 49.7 Å². The van der Waals surface area contributed by atoms with Crippen LogP contribution in [-0.2, 0) is 19.5 Å². The quantitative estimate of drug-likeness (QED) is 0.486. The van der Waals surface area contributed by atoms with Crippen LogP contribution < -0.4 is 0 Å². The van der Waals surface area contributed by atoms with Crippen LogP contribution in [0.25, 0.3) is 0 Å². The van der Waals surface area contributed by atoms with Crippen molar-refractivity contribution in [3.05, 3.63) is 69.7 Å². The van der Waals surface area contributed by atoms with Gasteiger partial charge in [0.1, 0.15) is 0 Å². The van der Waals surface area contributed by atoms with E-state index in [9.17, 15) is 0 Å². The van der Waals surface area contributed by atoms with E-state index in [-0.39, 0.29) is 0 Å². The minimum Gasteiger partial charge on any atom is -0.308 e. The average Bonchev–Trinajstić information content (AvgIpc) is 2.62. The summed E-state index contributed by atoms with van der Waals surface area (Å²) in [6, 6.07) is 18.2. The summed E-state index contributed by atoms with van der Waals surface area (Å²) in [5.41, 5.74) is 4.19. The number of rotatable bonds is 10. The highest BCUT2D eigenvalue weighted by Gasteiger charge is 2.20. The van der Waals surface area contributed by atoms with Crippen molar-refractivity contribution in [2.45, 2.75) is 52.2 Å². The molecule has 2 nitrogen and oxygen atoms in total. The molecule has 0 saturated heterocycles. The van der Waals surface area contributed by atoms with Gasteiger partial charge in [0, 0.05) is 30.1 Å². The molecule has 0 fully saturated rings. The fourth-order valence-electron chi connectivity index (χ4n) is 3.49. The van der Waals surface area contributed by atoms with Gasteiger partial charge in [-0.2, -0.15) is 0 Å². The van der Waals surface area contributed by atoms with Crippen molar-refractivity contribution in [3.8, 4) is 0 Å². The highest BCUT2D eigenvalue weighted by molar-refractivity contribution is 9.10. The van der Waals surface area contributed by atoms with E-state index in [4.69, 9.17) is 0 Å². The third kappa shape index (κ3) is 6.53. The summed E-state index contributed by atoms with van der Waals surface area (Å²) in [5, 5.41) is 0. The van der Waals surface area contributed by atoms with Crippen LogP contribution in [0, 0.1) is 0 Å². The molecule has 0 unspecified atom stereocenters. The standard InChI is InChI=1S/C23H33BrN2/c1-5-10-22(18-25(3)4)26(17-21-13-7-8-14-23(21)24)16-20-12-9-11-19(6-2)15-20/h7-9,11-15,22H,5-6,10,16-18H2,1-4H3/t22-/m0/s1. The van der Waals surface area contributed by atoms with E-state index < -0.39 is 0 Å². The van der Waals surface area contributed by atoms with E-state index in [0.717, 1.165) is 26.1 Å². The molecule has 2 aromatic carbocycles. The predicted molar refractivity (Wildman–Crippen MR) is 116 cm³/mol. The summed E-state index contributed by atoms with van der Waals surface area (Å²) in [6.45, 7) is 7.57. The molecule has 2 aromatic rings. The molecular formula is C23H33BrN2. The molecule has 142 valence electrons. The molecule has 0 aliphatic carbocycles. The Hall–Kier alpha value is -1.16. The minimum atomic E-state index is 0.549. The number of hydrogen-bond donors (Lipinski definition) is 0. The number of aryl methyl sites for hydroxylation is 1. The normalized spacial score (nSPS) is 12.7. The van der Waals surface area contributed by atoms with Crippen molar-refractivity contribution < 1.29 is 0 Å². The highest BCUT2D eigenvalue weighted by Crippen LogP contribution is 2.22. The Bertz CT molecular complexity index is 669. The maximum atomic E-state index is 3.73. The van der Waals surface area contributed by atoms with Gasteiger partial charge in [-0.25, -0.2) is 0 Å². The Kier molecular flexibility index (Phi) is 8.83. The molecule has 2 rings (SSSR count). The van der Waals surface area contributed by atoms with E-state index in [2.05, 4.69) is 102 Å². The number of likely N-dealkylation sites (N-methyl/N-ethyl adjacent to an activating group) is 1. The Morgan fingerprint density at radius 3 is 2.31 bits per heavy atom. The fraction of sp³-hybridized carbons (Fsp3) is 0.478. The van der Waals surface area contributed by atoms with Crippen molar-refractivity contribution in [2.24, 2.45) is 0 Å². The van der Waals surface area contributed by atoms with Crippen LogP contribution in [0.1, 0.15) is 43.4 Å². The summed E-state index contributed by atoms with van der Waals surface area (Å²) >= 11 is 3.73. The van der Waals surface area contributed by atoms with E-state index in [1.807, 2.05) is 0 Å². The molecule has 0 heterocycles. The van der Waals surface area contributed by atoms with Crippen molar-refractivity contribution in [1.29, 1.82) is 0 Å². The zero-order valence-electron chi connectivity index (χ0n) is 16.7. The molecule has 0 spiro atoms. The lowest BCUT2D eigenvalue weighted by Gasteiger charge is -2.34. The summed E-state index contributed by atoms with van der Waals surface area (Å²) in [4.78, 5) is 4.97. The first-order valence-corrected chi connectivity index (χ1v) is 10.5. The zero-order valence-corrected chi connectivity index (χ0v) is 18.3. The van der Waals surface area contributed by atoms with Crippen LogP contribution in [0.4, 0.5) is 0 Å². The van der Waals surface area contributed by atoms with Crippen molar-refractivity contribution in [2.75, 3.05) is 20.6 Å². The summed E-state index contributed by atoms with van der Waals surface area (Å²) in [7, 11) is 4.36. The van der Waals surface area contributed by atoms with Crippen LogP contribution in [0.3, 0.4) is 0 Å². The largest absolute Gasteiger partial charge is 0.308 e. The van der Waals surface area contributed by atoms with Crippen LogP contribution in [0.5, 0.6) is 0 Å². The molecule has 0 amide bonds. The van der Waals surface area contributed by atoms with Gasteiger partial charge in [0.2, 0.25) is 0 Å². The zero-order chi connectivity index (χ0) is 18.9. The average molecular weight is 417 g/mol. The van der Waals surface area contributed by atoms with Crippen LogP contribution >= 0.6 is 15.9 Å². The number of benzene rings is 2. The van der Waals surface area contributed by atoms with Crippen LogP contribution in [0.15, 0.2) is 53.0 Å². The molecule has 3 heteroatoms. The molecular weight excluding hydrogens is 384 g/mol. The molecule has 0 N–H and O–H groups in total.